The summed E-state index contributed by atoms with van der Waals surface area (Å²) < 4.78 is 0. The van der Waals surface area contributed by atoms with E-state index in [0.29, 0.717) is 100 Å². The summed E-state index contributed by atoms with van der Waals surface area (Å²) in [4.78, 5) is 0. The van der Waals surface area contributed by atoms with Crippen LogP contribution < -0.4 is 0 Å². The summed E-state index contributed by atoms with van der Waals surface area (Å²) >= 11 is 0. The predicted octanol–water partition coefficient (Wildman–Crippen LogP) is 10.9. The third-order valence-corrected chi connectivity index (χ3v) is 9.29. The molecule has 0 N–H and O–H groups in total. The summed E-state index contributed by atoms with van der Waals surface area (Å²) in [6.07, 6.45) is 0. The van der Waals surface area contributed by atoms with Crippen molar-refractivity contribution in [2.45, 2.75) is 0 Å². The van der Waals surface area contributed by atoms with E-state index in [1.807, 2.05) is 54.6 Å². The average Bonchev–Trinajstić information content (AvgIpc) is 3.25. The lowest BCUT2D eigenvalue weighted by atomic mass is 9.72. The lowest BCUT2D eigenvalue weighted by Gasteiger charge is -2.29. The van der Waals surface area contributed by atoms with E-state index in [9.17, 15) is 31.6 Å². The molecule has 0 saturated carbocycles. The third-order valence-electron chi connectivity index (χ3n) is 9.29. The molecular weight excluding hydrogens is 661 g/mol. The second kappa shape index (κ2) is 14.8. The van der Waals surface area contributed by atoms with Gasteiger partial charge in [-0.15, -0.1) is 0 Å². The van der Waals surface area contributed by atoms with Crippen LogP contribution in [0.5, 0.6) is 0 Å². The van der Waals surface area contributed by atoms with Gasteiger partial charge in [0.25, 0.3) is 0 Å². The number of nitrogens with zero attached hydrogens (tertiary/aromatic N) is 6. The van der Waals surface area contributed by atoms with Gasteiger partial charge in [0.05, 0.1) is 69.8 Å². The van der Waals surface area contributed by atoms with Crippen LogP contribution in [0.4, 0.5) is 0 Å². The number of hydrogen-bond donors (Lipinski definition) is 0. The van der Waals surface area contributed by atoms with Gasteiger partial charge in [-0.2, -0.15) is 31.6 Å². The van der Waals surface area contributed by atoms with Crippen LogP contribution in [0.2, 0.25) is 0 Å². The molecule has 0 spiro atoms. The van der Waals surface area contributed by atoms with E-state index in [4.69, 9.17) is 0 Å². The second-order valence-corrected chi connectivity index (χ2v) is 12.3. The topological polar surface area (TPSA) is 143 Å². The van der Waals surface area contributed by atoms with E-state index in [1.54, 1.807) is 91.0 Å². The fraction of sp³-hybridized carbons (Fsp3) is 0. The van der Waals surface area contributed by atoms with Crippen LogP contribution in [0.25, 0.3) is 66.8 Å². The van der Waals surface area contributed by atoms with Crippen molar-refractivity contribution in [3.63, 3.8) is 0 Å². The smallest absolute Gasteiger partial charge is 0.0998 e. The molecule has 7 aromatic rings. The number of rotatable bonds is 6. The highest BCUT2D eigenvalue weighted by Crippen LogP contribution is 2.57. The SMILES string of the molecule is N#Cc1cccc(-c2c(-c3cccc(C#N)c3)c(-c3ccccc3C#N)c(-c3ccccc3C#N)c(-c3cccc(C#N)c3)c2-c2ccccc2C#N)c1. The lowest BCUT2D eigenvalue weighted by molar-refractivity contribution is 1.44. The molecule has 7 rings (SSSR count). The van der Waals surface area contributed by atoms with Crippen molar-refractivity contribution < 1.29 is 0 Å². The molecule has 0 aliphatic rings. The first kappa shape index (κ1) is 34.0. The van der Waals surface area contributed by atoms with Gasteiger partial charge < -0.3 is 0 Å². The Labute approximate surface area is 312 Å². The minimum atomic E-state index is 0.362. The Morgan fingerprint density at radius 2 is 0.537 bits per heavy atom. The zero-order valence-electron chi connectivity index (χ0n) is 28.5. The standard InChI is InChI=1S/C48H24N6/c49-25-31-10-7-16-34(22-31)43-44(35-17-8-11-32(23-35)26-50)47(41-20-5-2-14-38(41)29-53)48(42-21-6-3-15-39(42)30-54)45(36-18-9-12-33(24-36)27-51)46(43)40-19-4-1-13-37(40)28-52/h1-24H. The van der Waals surface area contributed by atoms with Crippen LogP contribution in [-0.4, -0.2) is 0 Å². The Balaban J connectivity index is 1.94. The van der Waals surface area contributed by atoms with E-state index < -0.39 is 0 Å². The summed E-state index contributed by atoms with van der Waals surface area (Å²) in [7, 11) is 0. The van der Waals surface area contributed by atoms with Gasteiger partial charge in [0, 0.05) is 16.7 Å². The van der Waals surface area contributed by atoms with E-state index in [-0.39, 0.29) is 0 Å². The quantitative estimate of drug-likeness (QED) is 0.170. The van der Waals surface area contributed by atoms with Gasteiger partial charge in [0.1, 0.15) is 0 Å². The highest BCUT2D eigenvalue weighted by Gasteiger charge is 2.32. The lowest BCUT2D eigenvalue weighted by Crippen LogP contribution is -2.04. The van der Waals surface area contributed by atoms with Crippen molar-refractivity contribution in [1.29, 1.82) is 31.6 Å². The van der Waals surface area contributed by atoms with Crippen LogP contribution in [0.1, 0.15) is 33.4 Å². The predicted molar refractivity (Wildman–Crippen MR) is 207 cm³/mol. The van der Waals surface area contributed by atoms with E-state index in [1.165, 1.54) is 0 Å². The van der Waals surface area contributed by atoms with Gasteiger partial charge in [-0.25, -0.2) is 0 Å². The molecule has 0 atom stereocenters. The monoisotopic (exact) mass is 684 g/mol. The minimum absolute atomic E-state index is 0.362. The van der Waals surface area contributed by atoms with E-state index in [0.717, 1.165) is 0 Å². The molecule has 0 radical (unpaired) electrons. The van der Waals surface area contributed by atoms with Gasteiger partial charge in [-0.3, -0.25) is 0 Å². The van der Waals surface area contributed by atoms with Crippen molar-refractivity contribution in [2.75, 3.05) is 0 Å². The first-order valence-corrected chi connectivity index (χ1v) is 16.8. The van der Waals surface area contributed by atoms with E-state index in [2.05, 4.69) is 36.4 Å². The molecule has 54 heavy (non-hydrogen) atoms. The summed E-state index contributed by atoms with van der Waals surface area (Å²) in [6.45, 7) is 0. The molecule has 0 fully saturated rings. The third kappa shape index (κ3) is 5.99. The Morgan fingerprint density at radius 3 is 0.833 bits per heavy atom. The number of benzene rings is 7. The minimum Gasteiger partial charge on any atom is -0.192 e. The number of nitriles is 6. The molecular formula is C48H24N6. The molecule has 0 aromatic heterocycles. The highest BCUT2D eigenvalue weighted by molar-refractivity contribution is 6.16. The maximum Gasteiger partial charge on any atom is 0.0998 e. The van der Waals surface area contributed by atoms with Crippen molar-refractivity contribution >= 4 is 0 Å². The van der Waals surface area contributed by atoms with Gasteiger partial charge >= 0.3 is 0 Å². The zero-order valence-corrected chi connectivity index (χ0v) is 28.5. The Bertz CT molecular complexity index is 2910. The maximum atomic E-state index is 10.6. The molecule has 7 aromatic carbocycles. The fourth-order valence-electron chi connectivity index (χ4n) is 7.05. The molecule has 6 heteroatoms. The molecule has 246 valence electrons. The Morgan fingerprint density at radius 1 is 0.259 bits per heavy atom. The van der Waals surface area contributed by atoms with Crippen molar-refractivity contribution in [2.24, 2.45) is 0 Å². The Kier molecular flexibility index (Phi) is 9.28. The van der Waals surface area contributed by atoms with E-state index >= 15 is 0 Å². The average molecular weight is 685 g/mol. The van der Waals surface area contributed by atoms with Crippen LogP contribution in [0.15, 0.2) is 146 Å². The van der Waals surface area contributed by atoms with Gasteiger partial charge in [-0.1, -0.05) is 91.0 Å². The Hall–Kier alpha value is -8.52. The second-order valence-electron chi connectivity index (χ2n) is 12.3. The molecule has 0 bridgehead atoms. The van der Waals surface area contributed by atoms with Crippen molar-refractivity contribution in [3.05, 3.63) is 179 Å². The summed E-state index contributed by atoms with van der Waals surface area (Å²) in [5.41, 5.74) is 9.54. The fourth-order valence-corrected chi connectivity index (χ4v) is 7.05. The molecule has 0 unspecified atom stereocenters. The maximum absolute atomic E-state index is 10.6. The van der Waals surface area contributed by atoms with Crippen molar-refractivity contribution in [1.82, 2.24) is 0 Å². The molecule has 0 saturated heterocycles. The molecule has 0 aliphatic carbocycles. The molecule has 0 aliphatic heterocycles. The van der Waals surface area contributed by atoms with Crippen LogP contribution in [0.3, 0.4) is 0 Å². The number of hydrogen-bond acceptors (Lipinski definition) is 6. The van der Waals surface area contributed by atoms with Crippen LogP contribution in [0, 0.1) is 68.0 Å². The van der Waals surface area contributed by atoms with Crippen LogP contribution >= 0.6 is 0 Å². The summed E-state index contributed by atoms with van der Waals surface area (Å²) in [6, 6.07) is 57.1. The van der Waals surface area contributed by atoms with Crippen LogP contribution in [-0.2, 0) is 0 Å². The highest BCUT2D eigenvalue weighted by atomic mass is 14.4. The van der Waals surface area contributed by atoms with Gasteiger partial charge in [-0.05, 0) is 105 Å². The van der Waals surface area contributed by atoms with Gasteiger partial charge in [0.2, 0.25) is 0 Å². The first-order valence-electron chi connectivity index (χ1n) is 16.8. The van der Waals surface area contributed by atoms with Gasteiger partial charge in [0.15, 0.2) is 0 Å². The zero-order chi connectivity index (χ0) is 37.6. The molecule has 0 heterocycles. The molecule has 6 nitrogen and oxygen atoms in total. The van der Waals surface area contributed by atoms with Crippen molar-refractivity contribution in [3.8, 4) is 103 Å². The summed E-state index contributed by atoms with van der Waals surface area (Å²) in [5, 5.41) is 62.4. The normalized spacial score (nSPS) is 10.1. The molecule has 0 amide bonds. The summed E-state index contributed by atoms with van der Waals surface area (Å²) in [5.74, 6) is 0. The first-order chi connectivity index (χ1) is 26.5. The largest absolute Gasteiger partial charge is 0.192 e.